The summed E-state index contributed by atoms with van der Waals surface area (Å²) in [7, 11) is 0. The normalized spacial score (nSPS) is 17.6. The molecule has 2 rings (SSSR count). The molecule has 17 heavy (non-hydrogen) atoms. The number of ether oxygens (including phenoxy) is 2. The summed E-state index contributed by atoms with van der Waals surface area (Å²) in [5, 5.41) is 10.0. The lowest BCUT2D eigenvalue weighted by molar-refractivity contribution is 0.140. The number of aliphatic hydroxyl groups excluding tert-OH is 1. The molecule has 0 bridgehead atoms. The highest BCUT2D eigenvalue weighted by Gasteiger charge is 2.19. The highest BCUT2D eigenvalue weighted by atomic mass is 16.6. The Hall–Kier alpha value is -1.30. The van der Waals surface area contributed by atoms with Gasteiger partial charge in [-0.1, -0.05) is 6.07 Å². The molecule has 2 atom stereocenters. The molecule has 1 aliphatic rings. The van der Waals surface area contributed by atoms with Gasteiger partial charge in [-0.2, -0.15) is 0 Å². The second-order valence-electron chi connectivity index (χ2n) is 4.09. The Morgan fingerprint density at radius 3 is 2.65 bits per heavy atom. The first-order valence-electron chi connectivity index (χ1n) is 5.75. The summed E-state index contributed by atoms with van der Waals surface area (Å²) in [6.45, 7) is 1.55. The van der Waals surface area contributed by atoms with Gasteiger partial charge in [0, 0.05) is 6.04 Å². The molecule has 1 aromatic rings. The molecule has 0 aliphatic carbocycles. The van der Waals surface area contributed by atoms with Gasteiger partial charge in [0.05, 0.1) is 6.10 Å². The molecule has 0 saturated carbocycles. The zero-order valence-electron chi connectivity index (χ0n) is 9.63. The molecule has 94 valence electrons. The Labute approximate surface area is 100 Å². The van der Waals surface area contributed by atoms with Gasteiger partial charge in [-0.15, -0.1) is 0 Å². The van der Waals surface area contributed by atoms with Crippen LogP contribution in [0.15, 0.2) is 18.2 Å². The number of hydrogen-bond acceptors (Lipinski definition) is 5. The molecule has 1 aromatic carbocycles. The molecule has 5 N–H and O–H groups in total. The molecular formula is C12H18N2O3. The fourth-order valence-corrected chi connectivity index (χ4v) is 1.84. The molecule has 1 aliphatic heterocycles. The first kappa shape index (κ1) is 12.2. The van der Waals surface area contributed by atoms with Crippen molar-refractivity contribution in [1.82, 2.24) is 0 Å². The molecule has 0 aromatic heterocycles. The van der Waals surface area contributed by atoms with Gasteiger partial charge in [-0.25, -0.2) is 0 Å². The smallest absolute Gasteiger partial charge is 0.161 e. The Kier molecular flexibility index (Phi) is 3.83. The van der Waals surface area contributed by atoms with Crippen LogP contribution in [-0.4, -0.2) is 30.9 Å². The van der Waals surface area contributed by atoms with E-state index in [1.165, 1.54) is 0 Å². The molecule has 0 amide bonds. The molecule has 0 fully saturated rings. The van der Waals surface area contributed by atoms with Gasteiger partial charge >= 0.3 is 0 Å². The Morgan fingerprint density at radius 2 is 1.94 bits per heavy atom. The monoisotopic (exact) mass is 238 g/mol. The Balaban J connectivity index is 2.15. The van der Waals surface area contributed by atoms with E-state index in [2.05, 4.69) is 0 Å². The maximum Gasteiger partial charge on any atom is 0.161 e. The minimum absolute atomic E-state index is 0.359. The minimum Gasteiger partial charge on any atom is -0.486 e. The van der Waals surface area contributed by atoms with Crippen LogP contribution in [0.1, 0.15) is 18.1 Å². The summed E-state index contributed by atoms with van der Waals surface area (Å²) in [5.41, 5.74) is 12.0. The van der Waals surface area contributed by atoms with Crippen molar-refractivity contribution in [2.75, 3.05) is 19.8 Å². The molecular weight excluding hydrogens is 220 g/mol. The molecule has 1 heterocycles. The van der Waals surface area contributed by atoms with E-state index in [1.807, 2.05) is 0 Å². The van der Waals surface area contributed by atoms with Crippen LogP contribution in [0.4, 0.5) is 0 Å². The minimum atomic E-state index is -0.727. The summed E-state index contributed by atoms with van der Waals surface area (Å²) in [4.78, 5) is 0. The van der Waals surface area contributed by atoms with Gasteiger partial charge < -0.3 is 26.0 Å². The second-order valence-corrected chi connectivity index (χ2v) is 4.09. The summed E-state index contributed by atoms with van der Waals surface area (Å²) in [5.74, 6) is 1.37. The maximum absolute atomic E-state index is 10.0. The number of hydrogen-bond donors (Lipinski definition) is 3. The van der Waals surface area contributed by atoms with E-state index < -0.39 is 6.10 Å². The van der Waals surface area contributed by atoms with Crippen molar-refractivity contribution in [3.8, 4) is 11.5 Å². The van der Waals surface area contributed by atoms with Crippen molar-refractivity contribution in [1.29, 1.82) is 0 Å². The van der Waals surface area contributed by atoms with Crippen LogP contribution in [0, 0.1) is 0 Å². The Bertz CT molecular complexity index is 384. The van der Waals surface area contributed by atoms with Gasteiger partial charge in [0.2, 0.25) is 0 Å². The van der Waals surface area contributed by atoms with E-state index >= 15 is 0 Å². The fourth-order valence-electron chi connectivity index (χ4n) is 1.84. The number of fused-ring (bicyclic) bond motifs is 1. The summed E-state index contributed by atoms with van der Waals surface area (Å²) < 4.78 is 10.9. The number of aliphatic hydroxyl groups is 1. The van der Waals surface area contributed by atoms with Crippen LogP contribution >= 0.6 is 0 Å². The molecule has 2 unspecified atom stereocenters. The van der Waals surface area contributed by atoms with E-state index in [9.17, 15) is 5.11 Å². The average Bonchev–Trinajstić information content (AvgIpc) is 2.37. The van der Waals surface area contributed by atoms with Crippen molar-refractivity contribution >= 4 is 0 Å². The SMILES string of the molecule is NCCC(N)C(O)c1ccc2c(c1)OCCO2. The quantitative estimate of drug-likeness (QED) is 0.695. The van der Waals surface area contributed by atoms with Gasteiger partial charge in [-0.3, -0.25) is 0 Å². The lowest BCUT2D eigenvalue weighted by Gasteiger charge is -2.22. The standard InChI is InChI=1S/C12H18N2O3/c13-4-3-9(14)12(15)8-1-2-10-11(7-8)17-6-5-16-10/h1-2,7,9,12,15H,3-6,13-14H2. The first-order chi connectivity index (χ1) is 8.22. The molecule has 5 heteroatoms. The van der Waals surface area contributed by atoms with Gasteiger partial charge in [0.1, 0.15) is 13.2 Å². The molecule has 5 nitrogen and oxygen atoms in total. The van der Waals surface area contributed by atoms with E-state index in [-0.39, 0.29) is 6.04 Å². The summed E-state index contributed by atoms with van der Waals surface area (Å²) >= 11 is 0. The van der Waals surface area contributed by atoms with Crippen molar-refractivity contribution in [3.63, 3.8) is 0 Å². The largest absolute Gasteiger partial charge is 0.486 e. The molecule has 0 spiro atoms. The number of benzene rings is 1. The maximum atomic E-state index is 10.0. The van der Waals surface area contributed by atoms with Crippen molar-refractivity contribution < 1.29 is 14.6 Å². The van der Waals surface area contributed by atoms with Crippen LogP contribution in [0.25, 0.3) is 0 Å². The molecule has 0 radical (unpaired) electrons. The van der Waals surface area contributed by atoms with E-state index in [4.69, 9.17) is 20.9 Å². The van der Waals surface area contributed by atoms with E-state index in [1.54, 1.807) is 18.2 Å². The summed E-state index contributed by atoms with van der Waals surface area (Å²) in [6.07, 6.45) is -0.148. The van der Waals surface area contributed by atoms with E-state index in [0.717, 1.165) is 5.56 Å². The number of nitrogens with two attached hydrogens (primary N) is 2. The predicted molar refractivity (Wildman–Crippen MR) is 64.0 cm³/mol. The lowest BCUT2D eigenvalue weighted by atomic mass is 10.00. The van der Waals surface area contributed by atoms with Crippen LogP contribution in [0.3, 0.4) is 0 Å². The Morgan fingerprint density at radius 1 is 1.24 bits per heavy atom. The van der Waals surface area contributed by atoms with Crippen molar-refractivity contribution in [2.24, 2.45) is 11.5 Å². The third-order valence-corrected chi connectivity index (χ3v) is 2.81. The number of rotatable bonds is 4. The summed E-state index contributed by atoms with van der Waals surface area (Å²) in [6, 6.07) is 5.01. The molecule has 0 saturated heterocycles. The van der Waals surface area contributed by atoms with Crippen LogP contribution in [0.5, 0.6) is 11.5 Å². The van der Waals surface area contributed by atoms with Gasteiger partial charge in [0.15, 0.2) is 11.5 Å². The highest BCUT2D eigenvalue weighted by molar-refractivity contribution is 5.44. The third kappa shape index (κ3) is 2.69. The topological polar surface area (TPSA) is 90.7 Å². The van der Waals surface area contributed by atoms with Crippen LogP contribution in [-0.2, 0) is 0 Å². The second kappa shape index (κ2) is 5.35. The van der Waals surface area contributed by atoms with Gasteiger partial charge in [0.25, 0.3) is 0 Å². The third-order valence-electron chi connectivity index (χ3n) is 2.81. The van der Waals surface area contributed by atoms with Crippen LogP contribution in [0.2, 0.25) is 0 Å². The van der Waals surface area contributed by atoms with Gasteiger partial charge in [-0.05, 0) is 30.7 Å². The zero-order valence-corrected chi connectivity index (χ0v) is 9.63. The van der Waals surface area contributed by atoms with Crippen LogP contribution < -0.4 is 20.9 Å². The lowest BCUT2D eigenvalue weighted by Crippen LogP contribution is -2.30. The predicted octanol–water partition coefficient (Wildman–Crippen LogP) is 0.167. The fraction of sp³-hybridized carbons (Fsp3) is 0.500. The zero-order chi connectivity index (χ0) is 12.3. The van der Waals surface area contributed by atoms with E-state index in [0.29, 0.717) is 37.7 Å². The highest BCUT2D eigenvalue weighted by Crippen LogP contribution is 2.33. The van der Waals surface area contributed by atoms with Crippen molar-refractivity contribution in [2.45, 2.75) is 18.6 Å². The first-order valence-corrected chi connectivity index (χ1v) is 5.75. The average molecular weight is 238 g/mol. The van der Waals surface area contributed by atoms with Crippen molar-refractivity contribution in [3.05, 3.63) is 23.8 Å².